The van der Waals surface area contributed by atoms with Crippen LogP contribution in [0.15, 0.2) is 40.1 Å². The van der Waals surface area contributed by atoms with Crippen LogP contribution in [0.25, 0.3) is 22.3 Å². The highest BCUT2D eigenvalue weighted by molar-refractivity contribution is 7.98. The first-order valence-electron chi connectivity index (χ1n) is 11.1. The molecule has 8 heteroatoms. The van der Waals surface area contributed by atoms with Gasteiger partial charge in [0.05, 0.1) is 18.3 Å². The lowest BCUT2D eigenvalue weighted by molar-refractivity contribution is 0.0953. The molecule has 2 aliphatic rings. The van der Waals surface area contributed by atoms with Gasteiger partial charge in [-0.1, -0.05) is 35.1 Å². The SMILES string of the molecule is c1ccc2c(-c3nnc(SCc4noc5c4CCCC5)n3CC3CCCO3)c[nH]c2c1. The van der Waals surface area contributed by atoms with E-state index in [4.69, 9.17) is 9.26 Å². The van der Waals surface area contributed by atoms with Crippen molar-refractivity contribution in [2.24, 2.45) is 0 Å². The van der Waals surface area contributed by atoms with Crippen LogP contribution in [-0.4, -0.2) is 37.6 Å². The van der Waals surface area contributed by atoms with Gasteiger partial charge < -0.3 is 14.2 Å². The van der Waals surface area contributed by atoms with Crippen LogP contribution in [0.4, 0.5) is 0 Å². The van der Waals surface area contributed by atoms with Crippen molar-refractivity contribution in [1.82, 2.24) is 24.9 Å². The van der Waals surface area contributed by atoms with E-state index < -0.39 is 0 Å². The number of thioether (sulfide) groups is 1. The average Bonchev–Trinajstić information content (AvgIpc) is 3.59. The Bertz CT molecular complexity index is 1200. The number of fused-ring (bicyclic) bond motifs is 2. The monoisotopic (exact) mass is 435 g/mol. The molecule has 1 atom stereocenters. The molecule has 3 aromatic heterocycles. The molecule has 160 valence electrons. The number of hydrogen-bond donors (Lipinski definition) is 1. The third-order valence-electron chi connectivity index (χ3n) is 6.33. The number of nitrogens with one attached hydrogen (secondary N) is 1. The van der Waals surface area contributed by atoms with Crippen LogP contribution < -0.4 is 0 Å². The van der Waals surface area contributed by atoms with Crippen LogP contribution in [0.2, 0.25) is 0 Å². The standard InChI is InChI=1S/C23H25N5O2S/c1-3-9-19-16(7-1)18(12-24-19)22-25-26-23(28(22)13-15-6-5-11-29-15)31-14-20-17-8-2-4-10-21(17)30-27-20/h1,3,7,9,12,15,24H,2,4-6,8,10-11,13-14H2. The number of nitrogens with zero attached hydrogens (tertiary/aromatic N) is 4. The summed E-state index contributed by atoms with van der Waals surface area (Å²) in [6, 6.07) is 8.31. The number of aromatic nitrogens is 5. The summed E-state index contributed by atoms with van der Waals surface area (Å²) < 4.78 is 13.8. The van der Waals surface area contributed by atoms with E-state index in [0.29, 0.717) is 0 Å². The molecular formula is C23H25N5O2S. The van der Waals surface area contributed by atoms with E-state index in [1.807, 2.05) is 12.3 Å². The lowest BCUT2D eigenvalue weighted by Crippen LogP contribution is -2.16. The Hall–Kier alpha value is -2.58. The fourth-order valence-electron chi connectivity index (χ4n) is 4.70. The van der Waals surface area contributed by atoms with Gasteiger partial charge in [-0.15, -0.1) is 10.2 Å². The number of para-hydroxylation sites is 1. The van der Waals surface area contributed by atoms with Crippen molar-refractivity contribution in [3.8, 4) is 11.4 Å². The summed E-state index contributed by atoms with van der Waals surface area (Å²) in [5.41, 5.74) is 4.54. The Morgan fingerprint density at radius 1 is 1.13 bits per heavy atom. The molecule has 1 aliphatic heterocycles. The van der Waals surface area contributed by atoms with E-state index >= 15 is 0 Å². The molecule has 1 saturated heterocycles. The number of rotatable bonds is 6. The largest absolute Gasteiger partial charge is 0.376 e. The van der Waals surface area contributed by atoms with Gasteiger partial charge in [0, 0.05) is 47.0 Å². The third-order valence-corrected chi connectivity index (χ3v) is 7.30. The van der Waals surface area contributed by atoms with Gasteiger partial charge in [0.2, 0.25) is 0 Å². The van der Waals surface area contributed by atoms with Gasteiger partial charge >= 0.3 is 0 Å². The number of hydrogen-bond acceptors (Lipinski definition) is 6. The zero-order valence-corrected chi connectivity index (χ0v) is 18.2. The Morgan fingerprint density at radius 3 is 3.00 bits per heavy atom. The van der Waals surface area contributed by atoms with E-state index in [1.165, 1.54) is 18.4 Å². The van der Waals surface area contributed by atoms with E-state index in [1.54, 1.807) is 11.8 Å². The summed E-state index contributed by atoms with van der Waals surface area (Å²) in [7, 11) is 0. The van der Waals surface area contributed by atoms with E-state index in [9.17, 15) is 0 Å². The van der Waals surface area contributed by atoms with Crippen LogP contribution in [-0.2, 0) is 29.9 Å². The third kappa shape index (κ3) is 3.57. The van der Waals surface area contributed by atoms with Crippen LogP contribution >= 0.6 is 11.8 Å². The molecule has 4 heterocycles. The van der Waals surface area contributed by atoms with Crippen molar-refractivity contribution in [2.45, 2.75) is 62.1 Å². The number of ether oxygens (including phenoxy) is 1. The van der Waals surface area contributed by atoms with E-state index in [2.05, 4.69) is 43.1 Å². The maximum absolute atomic E-state index is 5.95. The summed E-state index contributed by atoms with van der Waals surface area (Å²) in [5.74, 6) is 2.70. The molecule has 7 nitrogen and oxygen atoms in total. The second kappa shape index (κ2) is 8.16. The van der Waals surface area contributed by atoms with Crippen molar-refractivity contribution >= 4 is 22.7 Å². The van der Waals surface area contributed by atoms with Crippen molar-refractivity contribution in [3.05, 3.63) is 47.5 Å². The zero-order chi connectivity index (χ0) is 20.6. The fourth-order valence-corrected chi connectivity index (χ4v) is 5.61. The molecule has 0 saturated carbocycles. The first kappa shape index (κ1) is 19.1. The first-order valence-corrected chi connectivity index (χ1v) is 12.1. The van der Waals surface area contributed by atoms with E-state index in [0.717, 1.165) is 83.5 Å². The predicted molar refractivity (Wildman–Crippen MR) is 119 cm³/mol. The van der Waals surface area contributed by atoms with Crippen molar-refractivity contribution in [1.29, 1.82) is 0 Å². The van der Waals surface area contributed by atoms with Crippen LogP contribution in [0.3, 0.4) is 0 Å². The molecule has 31 heavy (non-hydrogen) atoms. The normalized spacial score (nSPS) is 18.6. The highest BCUT2D eigenvalue weighted by Gasteiger charge is 2.24. The molecule has 1 fully saturated rings. The summed E-state index contributed by atoms with van der Waals surface area (Å²) in [4.78, 5) is 3.36. The fraction of sp³-hybridized carbons (Fsp3) is 0.435. The highest BCUT2D eigenvalue weighted by Crippen LogP contribution is 2.33. The molecule has 6 rings (SSSR count). The van der Waals surface area contributed by atoms with E-state index in [-0.39, 0.29) is 6.10 Å². The zero-order valence-electron chi connectivity index (χ0n) is 17.3. The summed E-state index contributed by atoms with van der Waals surface area (Å²) in [5, 5.41) is 15.6. The molecule has 0 bridgehead atoms. The number of aromatic amines is 1. The summed E-state index contributed by atoms with van der Waals surface area (Å²) in [6.07, 6.45) is 8.91. The van der Waals surface area contributed by atoms with Gasteiger partial charge in [0.25, 0.3) is 0 Å². The van der Waals surface area contributed by atoms with Crippen LogP contribution in [0.5, 0.6) is 0 Å². The average molecular weight is 436 g/mol. The number of H-pyrrole nitrogens is 1. The molecule has 1 aliphatic carbocycles. The second-order valence-corrected chi connectivity index (χ2v) is 9.27. The van der Waals surface area contributed by atoms with Crippen LogP contribution in [0, 0.1) is 0 Å². The Balaban J connectivity index is 1.33. The summed E-state index contributed by atoms with van der Waals surface area (Å²) in [6.45, 7) is 1.60. The lowest BCUT2D eigenvalue weighted by Gasteiger charge is -2.14. The van der Waals surface area contributed by atoms with Gasteiger partial charge in [-0.3, -0.25) is 4.57 Å². The maximum Gasteiger partial charge on any atom is 0.191 e. The van der Waals surface area contributed by atoms with Crippen LogP contribution in [0.1, 0.15) is 42.7 Å². The van der Waals surface area contributed by atoms with Gasteiger partial charge in [-0.05, 0) is 38.2 Å². The quantitative estimate of drug-likeness (QED) is 0.440. The molecular weight excluding hydrogens is 410 g/mol. The second-order valence-electron chi connectivity index (χ2n) is 8.33. The molecule has 1 N–H and O–H groups in total. The maximum atomic E-state index is 5.95. The molecule has 0 radical (unpaired) electrons. The topological polar surface area (TPSA) is 81.8 Å². The minimum Gasteiger partial charge on any atom is -0.376 e. The minimum absolute atomic E-state index is 0.208. The van der Waals surface area contributed by atoms with Crippen molar-refractivity contribution in [2.75, 3.05) is 6.61 Å². The molecule has 0 spiro atoms. The summed E-state index contributed by atoms with van der Waals surface area (Å²) >= 11 is 1.69. The number of benzene rings is 1. The molecule has 1 aromatic carbocycles. The highest BCUT2D eigenvalue weighted by atomic mass is 32.2. The Labute approximate surface area is 184 Å². The van der Waals surface area contributed by atoms with Crippen molar-refractivity contribution in [3.63, 3.8) is 0 Å². The van der Waals surface area contributed by atoms with Gasteiger partial charge in [-0.2, -0.15) is 0 Å². The Morgan fingerprint density at radius 2 is 2.06 bits per heavy atom. The molecule has 0 amide bonds. The van der Waals surface area contributed by atoms with Gasteiger partial charge in [0.1, 0.15) is 5.76 Å². The smallest absolute Gasteiger partial charge is 0.191 e. The first-order chi connectivity index (χ1) is 15.4. The minimum atomic E-state index is 0.208. The number of aryl methyl sites for hydroxylation is 1. The lowest BCUT2D eigenvalue weighted by atomic mass is 9.97. The van der Waals surface area contributed by atoms with Gasteiger partial charge in [0.15, 0.2) is 11.0 Å². The molecule has 1 unspecified atom stereocenters. The van der Waals surface area contributed by atoms with Gasteiger partial charge in [-0.25, -0.2) is 0 Å². The predicted octanol–water partition coefficient (Wildman–Crippen LogP) is 4.76. The van der Waals surface area contributed by atoms with Crippen molar-refractivity contribution < 1.29 is 9.26 Å². The molecule has 4 aromatic rings. The Kier molecular flexibility index (Phi) is 5.04.